The highest BCUT2D eigenvalue weighted by atomic mass is 16.5. The largest absolute Gasteiger partial charge is 0.461 e. The standard InChI is InChI=1S/C16H16N4O5/c1-3-25-14(22)12-8-16(20(17-12)18-24)9-13(21)19(15(16)23)11-6-4-5-10(2)7-11/h4-7H,3,8-9H2,1-2H3/t16-/m1/s1. The SMILES string of the molecule is CCOC(=O)C1=NN(N=O)[C@@]2(CC(=O)N(c3cccc(C)c3)C2=O)C1. The fraction of sp³-hybridized carbons (Fsp3) is 0.375. The molecule has 9 nitrogen and oxygen atoms in total. The summed E-state index contributed by atoms with van der Waals surface area (Å²) in [7, 11) is 0. The summed E-state index contributed by atoms with van der Waals surface area (Å²) in [6, 6.07) is 6.88. The number of carbonyl (C=O) groups is 3. The van der Waals surface area contributed by atoms with Crippen molar-refractivity contribution in [2.75, 3.05) is 11.5 Å². The average molecular weight is 344 g/mol. The number of nitroso groups, excluding NO2 is 1. The zero-order valence-corrected chi connectivity index (χ0v) is 13.8. The fourth-order valence-electron chi connectivity index (χ4n) is 3.07. The van der Waals surface area contributed by atoms with Crippen molar-refractivity contribution in [1.82, 2.24) is 5.12 Å². The first-order valence-electron chi connectivity index (χ1n) is 7.75. The first-order valence-corrected chi connectivity index (χ1v) is 7.75. The van der Waals surface area contributed by atoms with Gasteiger partial charge in [-0.25, -0.2) is 9.69 Å². The molecule has 2 amide bonds. The number of hydrazone groups is 1. The van der Waals surface area contributed by atoms with Crippen molar-refractivity contribution in [2.24, 2.45) is 10.4 Å². The summed E-state index contributed by atoms with van der Waals surface area (Å²) in [5.74, 6) is -1.85. The number of hydrogen-bond donors (Lipinski definition) is 0. The van der Waals surface area contributed by atoms with E-state index < -0.39 is 23.3 Å². The van der Waals surface area contributed by atoms with Gasteiger partial charge in [-0.15, -0.1) is 15.1 Å². The van der Waals surface area contributed by atoms with Gasteiger partial charge < -0.3 is 4.74 Å². The number of carbonyl (C=O) groups excluding carboxylic acids is 3. The predicted molar refractivity (Wildman–Crippen MR) is 87.3 cm³/mol. The average Bonchev–Trinajstić information content (AvgIpc) is 3.06. The molecule has 3 rings (SSSR count). The molecule has 2 aliphatic rings. The van der Waals surface area contributed by atoms with E-state index in [1.54, 1.807) is 25.1 Å². The van der Waals surface area contributed by atoms with Gasteiger partial charge in [0.05, 0.1) is 24.0 Å². The van der Waals surface area contributed by atoms with Gasteiger partial charge in [-0.05, 0) is 31.5 Å². The highest BCUT2D eigenvalue weighted by Crippen LogP contribution is 2.40. The summed E-state index contributed by atoms with van der Waals surface area (Å²) in [5, 5.41) is 7.14. The van der Waals surface area contributed by atoms with Crippen LogP contribution in [0, 0.1) is 11.8 Å². The van der Waals surface area contributed by atoms with E-state index in [0.29, 0.717) is 10.8 Å². The minimum atomic E-state index is -1.61. The molecule has 2 aliphatic heterocycles. The summed E-state index contributed by atoms with van der Waals surface area (Å²) in [4.78, 5) is 49.6. The molecule has 1 aromatic rings. The van der Waals surface area contributed by atoms with Gasteiger partial charge in [0, 0.05) is 6.42 Å². The molecule has 0 N–H and O–H groups in total. The molecule has 0 unspecified atom stereocenters. The molecule has 130 valence electrons. The number of ether oxygens (including phenoxy) is 1. The molecule has 1 fully saturated rings. The Kier molecular flexibility index (Phi) is 4.07. The van der Waals surface area contributed by atoms with Crippen LogP contribution in [0.2, 0.25) is 0 Å². The third-order valence-electron chi connectivity index (χ3n) is 4.20. The lowest BCUT2D eigenvalue weighted by atomic mass is 9.92. The van der Waals surface area contributed by atoms with Crippen LogP contribution in [-0.4, -0.2) is 40.8 Å². The maximum absolute atomic E-state index is 13.0. The van der Waals surface area contributed by atoms with Gasteiger partial charge in [-0.1, -0.05) is 12.1 Å². The van der Waals surface area contributed by atoms with E-state index in [1.165, 1.54) is 0 Å². The maximum atomic E-state index is 13.0. The molecule has 1 aromatic carbocycles. The van der Waals surface area contributed by atoms with Crippen molar-refractivity contribution in [3.63, 3.8) is 0 Å². The Morgan fingerprint density at radius 1 is 1.36 bits per heavy atom. The van der Waals surface area contributed by atoms with Crippen LogP contribution in [0.3, 0.4) is 0 Å². The second kappa shape index (κ2) is 6.08. The molecule has 2 heterocycles. The van der Waals surface area contributed by atoms with E-state index >= 15 is 0 Å². The van der Waals surface area contributed by atoms with Crippen molar-refractivity contribution in [3.8, 4) is 0 Å². The van der Waals surface area contributed by atoms with E-state index in [9.17, 15) is 19.3 Å². The minimum Gasteiger partial charge on any atom is -0.461 e. The summed E-state index contributed by atoms with van der Waals surface area (Å²) in [6.07, 6.45) is -0.498. The van der Waals surface area contributed by atoms with Crippen molar-refractivity contribution in [1.29, 1.82) is 0 Å². The number of amides is 2. The number of anilines is 1. The van der Waals surface area contributed by atoms with Gasteiger partial charge in [0.2, 0.25) is 5.91 Å². The molecule has 0 bridgehead atoms. The predicted octanol–water partition coefficient (Wildman–Crippen LogP) is 1.30. The molecule has 0 aromatic heterocycles. The van der Waals surface area contributed by atoms with Crippen molar-refractivity contribution >= 4 is 29.2 Å². The quantitative estimate of drug-likeness (QED) is 0.463. The van der Waals surface area contributed by atoms with E-state index in [1.807, 2.05) is 13.0 Å². The molecule has 0 aliphatic carbocycles. The van der Waals surface area contributed by atoms with Crippen LogP contribution in [0.15, 0.2) is 34.7 Å². The van der Waals surface area contributed by atoms with Gasteiger partial charge in [0.25, 0.3) is 5.91 Å². The molecule has 0 saturated carbocycles. The smallest absolute Gasteiger partial charge is 0.354 e. The third-order valence-corrected chi connectivity index (χ3v) is 4.20. The fourth-order valence-corrected chi connectivity index (χ4v) is 3.07. The highest BCUT2D eigenvalue weighted by Gasteiger charge is 2.61. The van der Waals surface area contributed by atoms with E-state index in [2.05, 4.69) is 10.4 Å². The normalized spacial score (nSPS) is 22.6. The van der Waals surface area contributed by atoms with Gasteiger partial charge in [0.15, 0.2) is 11.3 Å². The van der Waals surface area contributed by atoms with Crippen LogP contribution < -0.4 is 4.90 Å². The Morgan fingerprint density at radius 3 is 2.76 bits per heavy atom. The number of hydrogen-bond acceptors (Lipinski definition) is 7. The second-order valence-corrected chi connectivity index (χ2v) is 5.90. The van der Waals surface area contributed by atoms with Crippen LogP contribution in [0.5, 0.6) is 0 Å². The Hall–Kier alpha value is -3.10. The maximum Gasteiger partial charge on any atom is 0.354 e. The number of rotatable bonds is 4. The highest BCUT2D eigenvalue weighted by molar-refractivity contribution is 6.39. The summed E-state index contributed by atoms with van der Waals surface area (Å²) in [5.41, 5.74) is -0.430. The third kappa shape index (κ3) is 2.57. The summed E-state index contributed by atoms with van der Waals surface area (Å²) < 4.78 is 4.86. The number of imide groups is 1. The first kappa shape index (κ1) is 16.7. The zero-order chi connectivity index (χ0) is 18.2. The monoisotopic (exact) mass is 344 g/mol. The number of esters is 1. The van der Waals surface area contributed by atoms with Gasteiger partial charge in [-0.3, -0.25) is 9.59 Å². The topological polar surface area (TPSA) is 109 Å². The van der Waals surface area contributed by atoms with Crippen molar-refractivity contribution in [3.05, 3.63) is 34.7 Å². The lowest BCUT2D eigenvalue weighted by Crippen LogP contribution is -2.48. The van der Waals surface area contributed by atoms with Gasteiger partial charge in [-0.2, -0.15) is 0 Å². The summed E-state index contributed by atoms with van der Waals surface area (Å²) >= 11 is 0. The van der Waals surface area contributed by atoms with Crippen LogP contribution in [0.1, 0.15) is 25.3 Å². The van der Waals surface area contributed by atoms with E-state index in [4.69, 9.17) is 4.74 Å². The van der Waals surface area contributed by atoms with Gasteiger partial charge >= 0.3 is 5.97 Å². The summed E-state index contributed by atoms with van der Waals surface area (Å²) in [6.45, 7) is 3.59. The molecule has 1 spiro atoms. The van der Waals surface area contributed by atoms with Crippen LogP contribution in [0.25, 0.3) is 0 Å². The van der Waals surface area contributed by atoms with Crippen molar-refractivity contribution in [2.45, 2.75) is 32.2 Å². The number of nitrogens with zero attached hydrogens (tertiary/aromatic N) is 4. The Bertz CT molecular complexity index is 805. The molecule has 9 heteroatoms. The lowest BCUT2D eigenvalue weighted by Gasteiger charge is -2.24. The molecule has 1 saturated heterocycles. The second-order valence-electron chi connectivity index (χ2n) is 5.90. The van der Waals surface area contributed by atoms with Gasteiger partial charge in [0.1, 0.15) is 0 Å². The Labute approximate surface area is 143 Å². The zero-order valence-electron chi connectivity index (χ0n) is 13.8. The van der Waals surface area contributed by atoms with E-state index in [0.717, 1.165) is 10.5 Å². The van der Waals surface area contributed by atoms with Crippen LogP contribution >= 0.6 is 0 Å². The Balaban J connectivity index is 1.95. The Morgan fingerprint density at radius 2 is 2.12 bits per heavy atom. The van der Waals surface area contributed by atoms with E-state index in [-0.39, 0.29) is 25.2 Å². The van der Waals surface area contributed by atoms with Crippen LogP contribution in [0.4, 0.5) is 5.69 Å². The molecule has 0 radical (unpaired) electrons. The molecule has 1 atom stereocenters. The minimum absolute atomic E-state index is 0.103. The number of benzene rings is 1. The van der Waals surface area contributed by atoms with Crippen molar-refractivity contribution < 1.29 is 19.1 Å². The first-order chi connectivity index (χ1) is 11.9. The number of aryl methyl sites for hydroxylation is 1. The van der Waals surface area contributed by atoms with Crippen LogP contribution in [-0.2, 0) is 19.1 Å². The lowest BCUT2D eigenvalue weighted by molar-refractivity contribution is -0.135. The molecule has 25 heavy (non-hydrogen) atoms. The molecular weight excluding hydrogens is 328 g/mol. The molecular formula is C16H16N4O5.